The number of aryl methyl sites for hydroxylation is 1. The molecular weight excluding hydrogens is 470 g/mol. The van der Waals surface area contributed by atoms with Gasteiger partial charge in [-0.2, -0.15) is 4.98 Å². The monoisotopic (exact) mass is 484 g/mol. The van der Waals surface area contributed by atoms with Gasteiger partial charge in [0.15, 0.2) is 5.82 Å². The average Bonchev–Trinajstić information content (AvgIpc) is 3.26. The summed E-state index contributed by atoms with van der Waals surface area (Å²) in [5.41, 5.74) is 1.98. The van der Waals surface area contributed by atoms with Gasteiger partial charge in [-0.1, -0.05) is 35.3 Å². The van der Waals surface area contributed by atoms with E-state index in [1.54, 1.807) is 23.6 Å². The van der Waals surface area contributed by atoms with Gasteiger partial charge in [-0.3, -0.25) is 0 Å². The predicted molar refractivity (Wildman–Crippen MR) is 116 cm³/mol. The molecule has 156 valence electrons. The molecule has 0 saturated heterocycles. The maximum absolute atomic E-state index is 13.5. The van der Waals surface area contributed by atoms with Gasteiger partial charge in [0, 0.05) is 28.9 Å². The third kappa shape index (κ3) is 4.21. The van der Waals surface area contributed by atoms with Crippen molar-refractivity contribution in [3.05, 3.63) is 68.9 Å². The molecule has 0 aliphatic carbocycles. The highest BCUT2D eigenvalue weighted by Crippen LogP contribution is 2.28. The van der Waals surface area contributed by atoms with Crippen molar-refractivity contribution in [2.75, 3.05) is 6.54 Å². The van der Waals surface area contributed by atoms with Crippen LogP contribution in [0.1, 0.15) is 11.3 Å². The third-order valence-electron chi connectivity index (χ3n) is 4.41. The number of nitrogens with zero attached hydrogens (tertiary/aromatic N) is 3. The Kier molecular flexibility index (Phi) is 5.82. The molecule has 0 bridgehead atoms. The Hall–Kier alpha value is -2.04. The topological polar surface area (TPSA) is 76.4 Å². The summed E-state index contributed by atoms with van der Waals surface area (Å²) in [6.45, 7) is 1.85. The average molecular weight is 485 g/mol. The Morgan fingerprint density at radius 2 is 2.00 bits per heavy atom. The number of aromatic nitrogens is 3. The minimum atomic E-state index is -3.80. The predicted octanol–water partition coefficient (Wildman–Crippen LogP) is 4.73. The van der Waals surface area contributed by atoms with Gasteiger partial charge in [0.2, 0.25) is 15.0 Å². The summed E-state index contributed by atoms with van der Waals surface area (Å²) in [6.07, 6.45) is 0.384. The summed E-state index contributed by atoms with van der Waals surface area (Å²) in [5.74, 6) is 0.0444. The largest absolute Gasteiger partial charge is 0.242 e. The lowest BCUT2D eigenvalue weighted by Crippen LogP contribution is -2.26. The van der Waals surface area contributed by atoms with E-state index in [0.29, 0.717) is 33.4 Å². The Morgan fingerprint density at radius 3 is 2.77 bits per heavy atom. The molecule has 2 heterocycles. The highest BCUT2D eigenvalue weighted by molar-refractivity contribution is 7.89. The van der Waals surface area contributed by atoms with Crippen LogP contribution in [-0.4, -0.2) is 29.6 Å². The van der Waals surface area contributed by atoms with Crippen molar-refractivity contribution in [1.82, 2.24) is 19.3 Å². The first kappa shape index (κ1) is 21.2. The van der Waals surface area contributed by atoms with Crippen LogP contribution in [0, 0.1) is 12.7 Å². The zero-order chi connectivity index (χ0) is 21.5. The van der Waals surface area contributed by atoms with E-state index in [0.717, 1.165) is 5.69 Å². The Bertz CT molecular complexity index is 1350. The lowest BCUT2D eigenvalue weighted by molar-refractivity contribution is 0.581. The van der Waals surface area contributed by atoms with E-state index in [1.807, 2.05) is 5.38 Å². The molecule has 30 heavy (non-hydrogen) atoms. The summed E-state index contributed by atoms with van der Waals surface area (Å²) in [7, 11) is -3.80. The first-order chi connectivity index (χ1) is 14.2. The molecule has 0 saturated carbocycles. The number of fused-ring (bicyclic) bond motifs is 1. The van der Waals surface area contributed by atoms with Crippen LogP contribution in [-0.2, 0) is 16.4 Å². The SMILES string of the molecule is Cc1cc(S(=O)(=O)NCCc2csc3nc(-c4cccc(F)c4)nn23)c(Cl)cc1Cl. The molecule has 4 rings (SSSR count). The maximum Gasteiger partial charge on any atom is 0.242 e. The fraction of sp³-hybridized carbons (Fsp3) is 0.158. The first-order valence-corrected chi connectivity index (χ1v) is 11.9. The molecule has 2 aromatic carbocycles. The molecule has 0 atom stereocenters. The number of thiazole rings is 1. The van der Waals surface area contributed by atoms with Crippen LogP contribution >= 0.6 is 34.5 Å². The molecule has 11 heteroatoms. The molecule has 0 aliphatic rings. The fourth-order valence-corrected chi connectivity index (χ4v) is 5.59. The maximum atomic E-state index is 13.5. The van der Waals surface area contributed by atoms with Crippen molar-refractivity contribution in [2.45, 2.75) is 18.2 Å². The van der Waals surface area contributed by atoms with Crippen molar-refractivity contribution in [3.63, 3.8) is 0 Å². The number of nitrogens with one attached hydrogen (secondary N) is 1. The highest BCUT2D eigenvalue weighted by atomic mass is 35.5. The van der Waals surface area contributed by atoms with Gasteiger partial charge < -0.3 is 0 Å². The van der Waals surface area contributed by atoms with E-state index in [1.165, 1.54) is 35.6 Å². The summed E-state index contributed by atoms with van der Waals surface area (Å²) in [6, 6.07) is 8.91. The molecule has 0 amide bonds. The minimum Gasteiger partial charge on any atom is -0.211 e. The molecule has 0 spiro atoms. The van der Waals surface area contributed by atoms with Crippen molar-refractivity contribution in [2.24, 2.45) is 0 Å². The van der Waals surface area contributed by atoms with E-state index in [9.17, 15) is 12.8 Å². The number of hydrogen-bond acceptors (Lipinski definition) is 5. The van der Waals surface area contributed by atoms with Crippen molar-refractivity contribution in [1.29, 1.82) is 0 Å². The van der Waals surface area contributed by atoms with E-state index in [2.05, 4.69) is 14.8 Å². The molecule has 2 aromatic heterocycles. The van der Waals surface area contributed by atoms with Crippen molar-refractivity contribution >= 4 is 49.5 Å². The van der Waals surface area contributed by atoms with Gasteiger partial charge >= 0.3 is 0 Å². The van der Waals surface area contributed by atoms with Crippen molar-refractivity contribution in [3.8, 4) is 11.4 Å². The second-order valence-electron chi connectivity index (χ2n) is 6.55. The van der Waals surface area contributed by atoms with Crippen LogP contribution in [0.5, 0.6) is 0 Å². The van der Waals surface area contributed by atoms with Crippen LogP contribution < -0.4 is 4.72 Å². The molecular formula is C19H15Cl2FN4O2S2. The highest BCUT2D eigenvalue weighted by Gasteiger charge is 2.19. The van der Waals surface area contributed by atoms with Gasteiger partial charge in [-0.05, 0) is 36.8 Å². The van der Waals surface area contributed by atoms with Crippen LogP contribution in [0.4, 0.5) is 4.39 Å². The van der Waals surface area contributed by atoms with Gasteiger partial charge in [0.05, 0.1) is 10.7 Å². The quantitative estimate of drug-likeness (QED) is 0.428. The zero-order valence-corrected chi connectivity index (χ0v) is 18.7. The Balaban J connectivity index is 1.51. The first-order valence-electron chi connectivity index (χ1n) is 8.79. The standard InChI is InChI=1S/C19H15Cl2FN4O2S2/c1-11-7-17(16(21)9-15(11)20)30(27,28)23-6-5-14-10-29-19-24-18(25-26(14)19)12-3-2-4-13(22)8-12/h2-4,7-10,23H,5-6H2,1H3. The van der Waals surface area contributed by atoms with Crippen LogP contribution in [0.2, 0.25) is 10.0 Å². The number of sulfonamides is 1. The van der Waals surface area contributed by atoms with Crippen molar-refractivity contribution < 1.29 is 12.8 Å². The van der Waals surface area contributed by atoms with E-state index >= 15 is 0 Å². The fourth-order valence-electron chi connectivity index (χ4n) is 2.87. The number of rotatable bonds is 6. The summed E-state index contributed by atoms with van der Waals surface area (Å²) in [5, 5.41) is 6.75. The number of benzene rings is 2. The summed E-state index contributed by atoms with van der Waals surface area (Å²) >= 11 is 13.4. The van der Waals surface area contributed by atoms with Gasteiger partial charge in [0.25, 0.3) is 0 Å². The number of halogens is 3. The molecule has 1 N–H and O–H groups in total. The molecule has 4 aromatic rings. The third-order valence-corrected chi connectivity index (χ3v) is 7.61. The van der Waals surface area contributed by atoms with E-state index in [-0.39, 0.29) is 22.3 Å². The lowest BCUT2D eigenvalue weighted by Gasteiger charge is -2.10. The van der Waals surface area contributed by atoms with Crippen LogP contribution in [0.15, 0.2) is 46.7 Å². The second-order valence-corrected chi connectivity index (χ2v) is 9.93. The van der Waals surface area contributed by atoms with E-state index < -0.39 is 10.0 Å². The molecule has 0 radical (unpaired) electrons. The number of hydrogen-bond donors (Lipinski definition) is 1. The van der Waals surface area contributed by atoms with E-state index in [4.69, 9.17) is 23.2 Å². The lowest BCUT2D eigenvalue weighted by atomic mass is 10.2. The Labute approximate surface area is 186 Å². The smallest absolute Gasteiger partial charge is 0.211 e. The van der Waals surface area contributed by atoms with Gasteiger partial charge in [-0.25, -0.2) is 22.0 Å². The summed E-state index contributed by atoms with van der Waals surface area (Å²) in [4.78, 5) is 5.04. The van der Waals surface area contributed by atoms with Crippen LogP contribution in [0.3, 0.4) is 0 Å². The zero-order valence-electron chi connectivity index (χ0n) is 15.6. The summed E-state index contributed by atoms with van der Waals surface area (Å²) < 4.78 is 42.9. The van der Waals surface area contributed by atoms with Crippen LogP contribution in [0.25, 0.3) is 16.3 Å². The molecule has 0 unspecified atom stereocenters. The Morgan fingerprint density at radius 1 is 1.20 bits per heavy atom. The molecule has 0 aliphatic heterocycles. The van der Waals surface area contributed by atoms with Gasteiger partial charge in [0.1, 0.15) is 10.7 Å². The molecule has 0 fully saturated rings. The normalized spacial score (nSPS) is 12.0. The minimum absolute atomic E-state index is 0.0179. The van der Waals surface area contributed by atoms with Gasteiger partial charge in [-0.15, -0.1) is 16.4 Å². The second kappa shape index (κ2) is 8.24. The molecule has 6 nitrogen and oxygen atoms in total.